The number of hydrogen-bond donors (Lipinski definition) is 1. The number of allylic oxidation sites excluding steroid dienone is 2. The molecule has 32 heavy (non-hydrogen) atoms. The Labute approximate surface area is 191 Å². The molecular formula is C23H27N3O5S. The van der Waals surface area contributed by atoms with Crippen LogP contribution in [-0.2, 0) is 22.6 Å². The van der Waals surface area contributed by atoms with Gasteiger partial charge in [0.1, 0.15) is 28.7 Å². The third kappa shape index (κ3) is 4.48. The summed E-state index contributed by atoms with van der Waals surface area (Å²) in [4.78, 5) is 24.6. The largest absolute Gasteiger partial charge is 0.496 e. The van der Waals surface area contributed by atoms with Crippen molar-refractivity contribution in [1.29, 1.82) is 0 Å². The number of cyclic esters (lactones) is 1. The van der Waals surface area contributed by atoms with Gasteiger partial charge in [0.15, 0.2) is 0 Å². The van der Waals surface area contributed by atoms with Gasteiger partial charge in [-0.05, 0) is 45.1 Å². The summed E-state index contributed by atoms with van der Waals surface area (Å²) in [6.07, 6.45) is 5.83. The fourth-order valence-electron chi connectivity index (χ4n) is 3.89. The molecule has 170 valence electrons. The third-order valence-electron chi connectivity index (χ3n) is 5.84. The quantitative estimate of drug-likeness (QED) is 0.442. The summed E-state index contributed by atoms with van der Waals surface area (Å²) in [6.45, 7) is 4.14. The zero-order chi connectivity index (χ0) is 22.8. The number of aromatic nitrogens is 2. The van der Waals surface area contributed by atoms with E-state index in [1.165, 1.54) is 11.3 Å². The molecule has 1 aromatic carbocycles. The second-order valence-electron chi connectivity index (χ2n) is 8.12. The van der Waals surface area contributed by atoms with Crippen LogP contribution in [-0.4, -0.2) is 36.3 Å². The Morgan fingerprint density at radius 2 is 1.97 bits per heavy atom. The maximum Gasteiger partial charge on any atom is 0.342 e. The van der Waals surface area contributed by atoms with Crippen LogP contribution in [0.2, 0.25) is 0 Å². The minimum atomic E-state index is -0.372. The normalized spacial score (nSPS) is 15.4. The van der Waals surface area contributed by atoms with E-state index in [1.54, 1.807) is 14.2 Å². The van der Waals surface area contributed by atoms with Crippen LogP contribution in [0, 0.1) is 6.92 Å². The summed E-state index contributed by atoms with van der Waals surface area (Å²) in [5, 5.41) is 12.6. The van der Waals surface area contributed by atoms with Crippen LogP contribution in [0.3, 0.4) is 0 Å². The lowest BCUT2D eigenvalue weighted by Gasteiger charge is -2.18. The van der Waals surface area contributed by atoms with Gasteiger partial charge in [-0.2, -0.15) is 0 Å². The van der Waals surface area contributed by atoms with Gasteiger partial charge in [-0.3, -0.25) is 4.79 Å². The molecule has 1 aliphatic heterocycles. The van der Waals surface area contributed by atoms with Crippen LogP contribution in [0.4, 0.5) is 5.13 Å². The first kappa shape index (κ1) is 22.3. The molecule has 1 aromatic heterocycles. The van der Waals surface area contributed by atoms with Gasteiger partial charge in [-0.1, -0.05) is 23.0 Å². The first-order valence-corrected chi connectivity index (χ1v) is 11.5. The molecule has 2 heterocycles. The van der Waals surface area contributed by atoms with Gasteiger partial charge in [0.2, 0.25) is 11.0 Å². The van der Waals surface area contributed by atoms with Gasteiger partial charge in [-0.25, -0.2) is 4.79 Å². The average Bonchev–Trinajstić information content (AvgIpc) is 3.41. The summed E-state index contributed by atoms with van der Waals surface area (Å²) in [6, 6.07) is 0. The summed E-state index contributed by atoms with van der Waals surface area (Å²) in [5.41, 5.74) is 4.04. The van der Waals surface area contributed by atoms with Crippen LogP contribution in [0.1, 0.15) is 70.6 Å². The molecule has 9 heteroatoms. The zero-order valence-electron chi connectivity index (χ0n) is 18.7. The summed E-state index contributed by atoms with van der Waals surface area (Å²) in [5.74, 6) is 1.27. The number of rotatable bonds is 9. The van der Waals surface area contributed by atoms with Crippen molar-refractivity contribution in [1.82, 2.24) is 10.2 Å². The van der Waals surface area contributed by atoms with E-state index in [0.29, 0.717) is 47.4 Å². The van der Waals surface area contributed by atoms with Crippen molar-refractivity contribution in [2.75, 3.05) is 19.5 Å². The van der Waals surface area contributed by atoms with Gasteiger partial charge in [0.25, 0.3) is 0 Å². The first-order valence-electron chi connectivity index (χ1n) is 10.6. The van der Waals surface area contributed by atoms with E-state index < -0.39 is 0 Å². The number of esters is 1. The number of carbonyl (C=O) groups excluding carboxylic acids is 2. The summed E-state index contributed by atoms with van der Waals surface area (Å²) in [7, 11) is 3.15. The van der Waals surface area contributed by atoms with E-state index in [-0.39, 0.29) is 18.5 Å². The lowest BCUT2D eigenvalue weighted by molar-refractivity contribution is -0.116. The van der Waals surface area contributed by atoms with E-state index in [4.69, 9.17) is 14.2 Å². The topological polar surface area (TPSA) is 99.6 Å². The van der Waals surface area contributed by atoms with E-state index in [0.717, 1.165) is 40.1 Å². The van der Waals surface area contributed by atoms with Gasteiger partial charge in [0.05, 0.1) is 14.2 Å². The maximum atomic E-state index is 12.3. The third-order valence-corrected chi connectivity index (χ3v) is 6.85. The number of anilines is 1. The highest BCUT2D eigenvalue weighted by Gasteiger charge is 2.32. The second-order valence-corrected chi connectivity index (χ2v) is 9.13. The summed E-state index contributed by atoms with van der Waals surface area (Å²) >= 11 is 1.46. The van der Waals surface area contributed by atoms with Gasteiger partial charge in [-0.15, -0.1) is 10.2 Å². The van der Waals surface area contributed by atoms with Gasteiger partial charge in [0, 0.05) is 23.5 Å². The van der Waals surface area contributed by atoms with Crippen molar-refractivity contribution in [3.63, 3.8) is 0 Å². The monoisotopic (exact) mass is 457 g/mol. The molecule has 0 saturated heterocycles. The number of amides is 1. The Balaban J connectivity index is 1.42. The van der Waals surface area contributed by atoms with Gasteiger partial charge < -0.3 is 19.5 Å². The molecule has 2 aliphatic rings. The van der Waals surface area contributed by atoms with Crippen LogP contribution >= 0.6 is 11.3 Å². The number of benzene rings is 1. The molecule has 1 amide bonds. The predicted octanol–water partition coefficient (Wildman–Crippen LogP) is 4.32. The fourth-order valence-corrected chi connectivity index (χ4v) is 4.81. The molecule has 1 N–H and O–H groups in total. The van der Waals surface area contributed by atoms with Crippen molar-refractivity contribution in [2.45, 2.75) is 58.5 Å². The highest BCUT2D eigenvalue weighted by molar-refractivity contribution is 7.15. The lowest BCUT2D eigenvalue weighted by atomic mass is 9.94. The van der Waals surface area contributed by atoms with Crippen LogP contribution in [0.25, 0.3) is 0 Å². The molecule has 0 bridgehead atoms. The van der Waals surface area contributed by atoms with Crippen molar-refractivity contribution in [3.8, 4) is 11.5 Å². The van der Waals surface area contributed by atoms with Crippen LogP contribution in [0.5, 0.6) is 11.5 Å². The highest BCUT2D eigenvalue weighted by atomic mass is 32.1. The van der Waals surface area contributed by atoms with E-state index in [9.17, 15) is 9.59 Å². The molecule has 1 saturated carbocycles. The molecule has 8 nitrogen and oxygen atoms in total. The van der Waals surface area contributed by atoms with Crippen LogP contribution < -0.4 is 14.8 Å². The standard InChI is InChI=1S/C23H27N3O5S/c1-12(6-10-17(27)24-23-26-25-21(32-23)14-7-8-14)5-9-15-19(29-3)13(2)16-11-31-22(28)18(16)20(15)30-4/h5,14H,6-11H2,1-4H3,(H,24,26,27). The van der Waals surface area contributed by atoms with Crippen molar-refractivity contribution >= 4 is 28.3 Å². The van der Waals surface area contributed by atoms with Crippen molar-refractivity contribution in [3.05, 3.63) is 38.9 Å². The number of nitrogens with one attached hydrogen (secondary N) is 1. The number of methoxy groups -OCH3 is 2. The smallest absolute Gasteiger partial charge is 0.342 e. The Morgan fingerprint density at radius 1 is 1.22 bits per heavy atom. The Bertz CT molecular complexity index is 1090. The Morgan fingerprint density at radius 3 is 2.66 bits per heavy atom. The van der Waals surface area contributed by atoms with E-state index in [1.807, 2.05) is 19.9 Å². The van der Waals surface area contributed by atoms with Crippen LogP contribution in [0.15, 0.2) is 11.6 Å². The highest BCUT2D eigenvalue weighted by Crippen LogP contribution is 2.43. The molecule has 1 aliphatic carbocycles. The van der Waals surface area contributed by atoms with Crippen molar-refractivity contribution in [2.24, 2.45) is 0 Å². The molecule has 1 fully saturated rings. The number of fused-ring (bicyclic) bond motifs is 1. The maximum absolute atomic E-state index is 12.3. The Kier molecular flexibility index (Phi) is 6.45. The lowest BCUT2D eigenvalue weighted by Crippen LogP contribution is -2.11. The zero-order valence-corrected chi connectivity index (χ0v) is 19.6. The van der Waals surface area contributed by atoms with E-state index in [2.05, 4.69) is 15.5 Å². The first-order chi connectivity index (χ1) is 15.4. The molecule has 0 spiro atoms. The van der Waals surface area contributed by atoms with E-state index >= 15 is 0 Å². The number of ether oxygens (including phenoxy) is 3. The molecule has 0 radical (unpaired) electrons. The SMILES string of the molecule is COc1c(C)c2c(c(OC)c1CC=C(C)CCC(=O)Nc1nnc(C3CC3)s1)C(=O)OC2. The number of nitrogens with zero attached hydrogens (tertiary/aromatic N) is 2. The molecule has 0 unspecified atom stereocenters. The second kappa shape index (κ2) is 9.28. The fraction of sp³-hybridized carbons (Fsp3) is 0.478. The predicted molar refractivity (Wildman–Crippen MR) is 121 cm³/mol. The molecule has 2 aromatic rings. The molecule has 4 rings (SSSR count). The molecular weight excluding hydrogens is 430 g/mol. The van der Waals surface area contributed by atoms with Gasteiger partial charge >= 0.3 is 5.97 Å². The summed E-state index contributed by atoms with van der Waals surface area (Å²) < 4.78 is 16.5. The van der Waals surface area contributed by atoms with Crippen molar-refractivity contribution < 1.29 is 23.8 Å². The Hall–Kier alpha value is -2.94. The number of carbonyl (C=O) groups is 2. The molecule has 0 atom stereocenters. The minimum Gasteiger partial charge on any atom is -0.496 e. The minimum absolute atomic E-state index is 0.0810. The average molecular weight is 458 g/mol. The number of hydrogen-bond acceptors (Lipinski definition) is 8.